The van der Waals surface area contributed by atoms with Gasteiger partial charge in [-0.3, -0.25) is 4.79 Å². The fraction of sp³-hybridized carbons (Fsp3) is 0.381. The second-order valence-corrected chi connectivity index (χ2v) is 11.0. The van der Waals surface area contributed by atoms with Gasteiger partial charge in [0.05, 0.1) is 10.7 Å². The van der Waals surface area contributed by atoms with Gasteiger partial charge < -0.3 is 4.90 Å². The molecule has 29 heavy (non-hydrogen) atoms. The van der Waals surface area contributed by atoms with Crippen molar-refractivity contribution in [3.8, 4) is 0 Å². The van der Waals surface area contributed by atoms with Crippen molar-refractivity contribution < 1.29 is 13.2 Å². The van der Waals surface area contributed by atoms with Crippen molar-refractivity contribution in [2.45, 2.75) is 29.6 Å². The van der Waals surface area contributed by atoms with E-state index in [9.17, 15) is 13.2 Å². The van der Waals surface area contributed by atoms with E-state index in [4.69, 9.17) is 11.6 Å². The maximum atomic E-state index is 13.2. The van der Waals surface area contributed by atoms with E-state index in [0.29, 0.717) is 31.1 Å². The number of benzene rings is 2. The van der Waals surface area contributed by atoms with Gasteiger partial charge >= 0.3 is 0 Å². The van der Waals surface area contributed by atoms with Gasteiger partial charge in [-0.05, 0) is 49.1 Å². The van der Waals surface area contributed by atoms with Gasteiger partial charge in [0.25, 0.3) is 5.91 Å². The summed E-state index contributed by atoms with van der Waals surface area (Å²) in [5.74, 6) is 0.898. The molecule has 2 aromatic rings. The van der Waals surface area contributed by atoms with Crippen molar-refractivity contribution in [1.82, 2.24) is 4.31 Å². The lowest BCUT2D eigenvalue weighted by Crippen LogP contribution is -2.39. The number of hydrogen-bond acceptors (Lipinski definition) is 4. The van der Waals surface area contributed by atoms with Crippen LogP contribution >= 0.6 is 23.4 Å². The Morgan fingerprint density at radius 2 is 1.97 bits per heavy atom. The monoisotopic (exact) mass is 450 g/mol. The van der Waals surface area contributed by atoms with Gasteiger partial charge in [-0.25, -0.2) is 8.42 Å². The molecule has 0 spiro atoms. The molecule has 8 heteroatoms. The molecule has 2 aromatic carbocycles. The van der Waals surface area contributed by atoms with Crippen LogP contribution in [-0.4, -0.2) is 44.0 Å². The first-order chi connectivity index (χ1) is 13.9. The van der Waals surface area contributed by atoms with Gasteiger partial charge in [0.1, 0.15) is 4.90 Å². The number of anilines is 1. The lowest BCUT2D eigenvalue weighted by molar-refractivity contribution is 0.0987. The number of piperidine rings is 1. The Hall–Kier alpha value is -1.54. The number of fused-ring (bicyclic) bond motifs is 1. The zero-order valence-corrected chi connectivity index (χ0v) is 18.6. The zero-order valence-electron chi connectivity index (χ0n) is 16.2. The van der Waals surface area contributed by atoms with E-state index in [1.807, 2.05) is 24.3 Å². The molecular weight excluding hydrogens is 428 g/mol. The van der Waals surface area contributed by atoms with Crippen LogP contribution in [0.15, 0.2) is 52.3 Å². The SMILES string of the molecule is CC1CCCN(S(=O)(=O)c2cc(C(=O)N3CCSc4ccccc43)ccc2Cl)C1. The summed E-state index contributed by atoms with van der Waals surface area (Å²) in [5, 5.41) is 0.148. The van der Waals surface area contributed by atoms with E-state index in [2.05, 4.69) is 6.92 Å². The highest BCUT2D eigenvalue weighted by Gasteiger charge is 2.32. The van der Waals surface area contributed by atoms with Crippen LogP contribution in [0.5, 0.6) is 0 Å². The third kappa shape index (κ3) is 4.06. The summed E-state index contributed by atoms with van der Waals surface area (Å²) in [6, 6.07) is 12.3. The number of sulfonamides is 1. The average molecular weight is 451 g/mol. The summed E-state index contributed by atoms with van der Waals surface area (Å²) in [5.41, 5.74) is 1.19. The van der Waals surface area contributed by atoms with Crippen molar-refractivity contribution in [1.29, 1.82) is 0 Å². The van der Waals surface area contributed by atoms with Crippen LogP contribution in [-0.2, 0) is 10.0 Å². The average Bonchev–Trinajstić information content (AvgIpc) is 2.73. The van der Waals surface area contributed by atoms with Crippen LogP contribution < -0.4 is 4.90 Å². The number of carbonyl (C=O) groups excluding carboxylic acids is 1. The molecule has 4 rings (SSSR count). The van der Waals surface area contributed by atoms with E-state index in [1.54, 1.807) is 22.7 Å². The molecule has 1 fully saturated rings. The maximum Gasteiger partial charge on any atom is 0.258 e. The molecule has 2 aliphatic heterocycles. The van der Waals surface area contributed by atoms with E-state index < -0.39 is 10.0 Å². The summed E-state index contributed by atoms with van der Waals surface area (Å²) in [7, 11) is -3.75. The molecule has 0 aromatic heterocycles. The molecule has 1 atom stereocenters. The fourth-order valence-corrected chi connectivity index (χ4v) is 6.97. The quantitative estimate of drug-likeness (QED) is 0.690. The predicted octanol–water partition coefficient (Wildman–Crippen LogP) is 4.51. The number of halogens is 1. The maximum absolute atomic E-state index is 13.2. The summed E-state index contributed by atoms with van der Waals surface area (Å²) in [6.45, 7) is 3.59. The third-order valence-corrected chi connectivity index (χ3v) is 8.78. The van der Waals surface area contributed by atoms with Crippen molar-refractivity contribution in [3.05, 3.63) is 53.1 Å². The van der Waals surface area contributed by atoms with Gasteiger partial charge in [0.15, 0.2) is 0 Å². The van der Waals surface area contributed by atoms with Gasteiger partial charge in [0.2, 0.25) is 10.0 Å². The predicted molar refractivity (Wildman–Crippen MR) is 117 cm³/mol. The smallest absolute Gasteiger partial charge is 0.258 e. The number of amides is 1. The highest BCUT2D eigenvalue weighted by atomic mass is 35.5. The second kappa shape index (κ2) is 8.30. The highest BCUT2D eigenvalue weighted by Crippen LogP contribution is 2.36. The Labute approximate surface area is 181 Å². The minimum atomic E-state index is -3.75. The van der Waals surface area contributed by atoms with Crippen molar-refractivity contribution in [3.63, 3.8) is 0 Å². The Morgan fingerprint density at radius 1 is 1.17 bits per heavy atom. The molecule has 2 aliphatic rings. The molecule has 0 radical (unpaired) electrons. The highest BCUT2D eigenvalue weighted by molar-refractivity contribution is 7.99. The van der Waals surface area contributed by atoms with Crippen LogP contribution in [0.1, 0.15) is 30.1 Å². The minimum Gasteiger partial charge on any atom is -0.306 e. The lowest BCUT2D eigenvalue weighted by Gasteiger charge is -2.31. The van der Waals surface area contributed by atoms with Crippen molar-refractivity contribution in [2.24, 2.45) is 5.92 Å². The zero-order chi connectivity index (χ0) is 20.6. The van der Waals surface area contributed by atoms with Crippen LogP contribution in [0, 0.1) is 5.92 Å². The first-order valence-electron chi connectivity index (χ1n) is 9.71. The Kier molecular flexibility index (Phi) is 5.93. The van der Waals surface area contributed by atoms with E-state index in [-0.39, 0.29) is 15.8 Å². The number of para-hydroxylation sites is 1. The molecule has 0 saturated carbocycles. The Balaban J connectivity index is 1.68. The van der Waals surface area contributed by atoms with Crippen LogP contribution in [0.2, 0.25) is 5.02 Å². The largest absolute Gasteiger partial charge is 0.306 e. The van der Waals surface area contributed by atoms with Gasteiger partial charge in [-0.15, -0.1) is 11.8 Å². The van der Waals surface area contributed by atoms with Crippen LogP contribution in [0.3, 0.4) is 0 Å². The summed E-state index contributed by atoms with van der Waals surface area (Å²) < 4.78 is 27.9. The normalized spacial score (nSPS) is 20.3. The molecule has 0 bridgehead atoms. The van der Waals surface area contributed by atoms with E-state index in [1.165, 1.54) is 16.4 Å². The summed E-state index contributed by atoms with van der Waals surface area (Å²) in [6.07, 6.45) is 1.85. The Bertz CT molecular complexity index is 1040. The summed E-state index contributed by atoms with van der Waals surface area (Å²) >= 11 is 7.99. The number of thioether (sulfide) groups is 1. The lowest BCUT2D eigenvalue weighted by atomic mass is 10.0. The molecule has 154 valence electrons. The number of nitrogens with zero attached hydrogens (tertiary/aromatic N) is 2. The molecule has 0 aliphatic carbocycles. The molecule has 5 nitrogen and oxygen atoms in total. The first-order valence-corrected chi connectivity index (χ1v) is 12.5. The van der Waals surface area contributed by atoms with Gasteiger partial charge in [-0.2, -0.15) is 4.31 Å². The van der Waals surface area contributed by atoms with E-state index >= 15 is 0 Å². The number of rotatable bonds is 3. The van der Waals surface area contributed by atoms with Crippen LogP contribution in [0.25, 0.3) is 0 Å². The first kappa shape index (κ1) is 20.7. The fourth-order valence-electron chi connectivity index (χ4n) is 3.87. The molecular formula is C21H23ClN2O3S2. The van der Waals surface area contributed by atoms with E-state index in [0.717, 1.165) is 29.2 Å². The van der Waals surface area contributed by atoms with Gasteiger partial charge in [0, 0.05) is 35.8 Å². The minimum absolute atomic E-state index is 0.0128. The van der Waals surface area contributed by atoms with Gasteiger partial charge in [-0.1, -0.05) is 30.7 Å². The van der Waals surface area contributed by atoms with Crippen LogP contribution in [0.4, 0.5) is 5.69 Å². The third-order valence-electron chi connectivity index (χ3n) is 5.39. The number of hydrogen-bond donors (Lipinski definition) is 0. The van der Waals surface area contributed by atoms with Crippen molar-refractivity contribution in [2.75, 3.05) is 30.3 Å². The topological polar surface area (TPSA) is 57.7 Å². The molecule has 1 amide bonds. The molecule has 1 saturated heterocycles. The number of carbonyl (C=O) groups is 1. The van der Waals surface area contributed by atoms with Crippen molar-refractivity contribution >= 4 is 45.0 Å². The second-order valence-electron chi connectivity index (χ2n) is 7.53. The standard InChI is InChI=1S/C21H23ClN2O3S2/c1-15-5-4-10-23(14-15)29(26,27)20-13-16(8-9-17(20)22)21(25)24-11-12-28-19-7-3-2-6-18(19)24/h2-3,6-9,13,15H,4-5,10-12,14H2,1H3. The Morgan fingerprint density at radius 3 is 2.76 bits per heavy atom. The summed E-state index contributed by atoms with van der Waals surface area (Å²) in [4.78, 5) is 16.0. The molecule has 0 N–H and O–H groups in total. The molecule has 1 unspecified atom stereocenters. The molecule has 2 heterocycles.